The third-order valence-corrected chi connectivity index (χ3v) is 4.35. The number of para-hydroxylation sites is 1. The SMILES string of the molecule is N#Cc1ccc(CNCCc2cccc3cccnc23)s1. The zero-order valence-corrected chi connectivity index (χ0v) is 12.4. The minimum atomic E-state index is 0.769. The van der Waals surface area contributed by atoms with Crippen molar-refractivity contribution in [3.05, 3.63) is 64.0 Å². The monoisotopic (exact) mass is 293 g/mol. The topological polar surface area (TPSA) is 48.7 Å². The maximum absolute atomic E-state index is 8.80. The second-order valence-electron chi connectivity index (χ2n) is 4.80. The number of nitrogens with zero attached hydrogens (tertiary/aromatic N) is 2. The first-order chi connectivity index (χ1) is 10.4. The van der Waals surface area contributed by atoms with Gasteiger partial charge >= 0.3 is 0 Å². The minimum Gasteiger partial charge on any atom is -0.312 e. The molecule has 0 aliphatic rings. The van der Waals surface area contributed by atoms with E-state index in [1.807, 2.05) is 24.4 Å². The summed E-state index contributed by atoms with van der Waals surface area (Å²) >= 11 is 1.55. The van der Waals surface area contributed by atoms with E-state index >= 15 is 0 Å². The van der Waals surface area contributed by atoms with E-state index in [9.17, 15) is 0 Å². The molecule has 1 aromatic carbocycles. The molecule has 0 radical (unpaired) electrons. The van der Waals surface area contributed by atoms with Gasteiger partial charge in [0.2, 0.25) is 0 Å². The molecule has 0 bridgehead atoms. The average molecular weight is 293 g/mol. The molecule has 0 unspecified atom stereocenters. The molecule has 0 spiro atoms. The van der Waals surface area contributed by atoms with Crippen LogP contribution in [0.1, 0.15) is 15.3 Å². The van der Waals surface area contributed by atoms with Crippen LogP contribution in [0.3, 0.4) is 0 Å². The molecule has 0 aliphatic carbocycles. The zero-order valence-electron chi connectivity index (χ0n) is 11.5. The highest BCUT2D eigenvalue weighted by Crippen LogP contribution is 2.17. The van der Waals surface area contributed by atoms with Crippen LogP contribution in [0.4, 0.5) is 0 Å². The summed E-state index contributed by atoms with van der Waals surface area (Å²) in [5, 5.41) is 13.4. The van der Waals surface area contributed by atoms with Crippen LogP contribution in [0.2, 0.25) is 0 Å². The van der Waals surface area contributed by atoms with Crippen molar-refractivity contribution in [3.8, 4) is 6.07 Å². The molecule has 0 fully saturated rings. The maximum Gasteiger partial charge on any atom is 0.110 e. The van der Waals surface area contributed by atoms with Crippen molar-refractivity contribution in [3.63, 3.8) is 0 Å². The van der Waals surface area contributed by atoms with Crippen LogP contribution in [0.5, 0.6) is 0 Å². The van der Waals surface area contributed by atoms with Crippen molar-refractivity contribution in [2.24, 2.45) is 0 Å². The summed E-state index contributed by atoms with van der Waals surface area (Å²) in [4.78, 5) is 6.44. The Hall–Kier alpha value is -2.22. The lowest BCUT2D eigenvalue weighted by Crippen LogP contribution is -2.16. The first-order valence-corrected chi connectivity index (χ1v) is 7.70. The molecule has 4 heteroatoms. The summed E-state index contributed by atoms with van der Waals surface area (Å²) in [6.45, 7) is 1.71. The molecule has 3 aromatic rings. The molecule has 0 aliphatic heterocycles. The van der Waals surface area contributed by atoms with Gasteiger partial charge in [-0.05, 0) is 36.7 Å². The van der Waals surface area contributed by atoms with Crippen molar-refractivity contribution >= 4 is 22.2 Å². The smallest absolute Gasteiger partial charge is 0.110 e. The van der Waals surface area contributed by atoms with Crippen LogP contribution in [-0.4, -0.2) is 11.5 Å². The summed E-state index contributed by atoms with van der Waals surface area (Å²) < 4.78 is 0. The van der Waals surface area contributed by atoms with E-state index in [-0.39, 0.29) is 0 Å². The standard InChI is InChI=1S/C17H15N3S/c18-11-15-6-7-16(21-15)12-19-10-8-14-4-1-3-13-5-2-9-20-17(13)14/h1-7,9,19H,8,10,12H2. The van der Waals surface area contributed by atoms with E-state index in [1.54, 1.807) is 11.3 Å². The van der Waals surface area contributed by atoms with E-state index in [2.05, 4.69) is 40.6 Å². The molecule has 21 heavy (non-hydrogen) atoms. The highest BCUT2D eigenvalue weighted by Gasteiger charge is 2.02. The summed E-state index contributed by atoms with van der Waals surface area (Å²) in [5.74, 6) is 0. The lowest BCUT2D eigenvalue weighted by atomic mass is 10.1. The van der Waals surface area contributed by atoms with Crippen molar-refractivity contribution in [1.82, 2.24) is 10.3 Å². The van der Waals surface area contributed by atoms with Crippen LogP contribution in [0.15, 0.2) is 48.7 Å². The van der Waals surface area contributed by atoms with Crippen LogP contribution in [-0.2, 0) is 13.0 Å². The van der Waals surface area contributed by atoms with Gasteiger partial charge in [0, 0.05) is 23.0 Å². The number of pyridine rings is 1. The summed E-state index contributed by atoms with van der Waals surface area (Å²) in [7, 11) is 0. The van der Waals surface area contributed by atoms with E-state index in [4.69, 9.17) is 5.26 Å². The maximum atomic E-state index is 8.80. The van der Waals surface area contributed by atoms with Gasteiger partial charge < -0.3 is 5.32 Å². The van der Waals surface area contributed by atoms with Crippen LogP contribution in [0, 0.1) is 11.3 Å². The number of fused-ring (bicyclic) bond motifs is 1. The van der Waals surface area contributed by atoms with Gasteiger partial charge in [0.1, 0.15) is 10.9 Å². The Balaban J connectivity index is 1.58. The number of hydrogen-bond acceptors (Lipinski definition) is 4. The molecule has 0 atom stereocenters. The number of hydrogen-bond donors (Lipinski definition) is 1. The molecule has 104 valence electrons. The second kappa shape index (κ2) is 6.49. The molecule has 2 aromatic heterocycles. The normalized spacial score (nSPS) is 10.6. The van der Waals surface area contributed by atoms with Gasteiger partial charge in [-0.25, -0.2) is 0 Å². The van der Waals surface area contributed by atoms with Crippen LogP contribution < -0.4 is 5.32 Å². The predicted molar refractivity (Wildman–Crippen MR) is 86.2 cm³/mol. The van der Waals surface area contributed by atoms with Crippen molar-refractivity contribution < 1.29 is 0 Å². The molecule has 0 saturated heterocycles. The quantitative estimate of drug-likeness (QED) is 0.732. The number of thiophene rings is 1. The summed E-state index contributed by atoms with van der Waals surface area (Å²) in [6, 6.07) is 16.4. The predicted octanol–water partition coefficient (Wildman–Crippen LogP) is 3.50. The molecule has 0 amide bonds. The van der Waals surface area contributed by atoms with Gasteiger partial charge in [0.25, 0.3) is 0 Å². The summed E-state index contributed by atoms with van der Waals surface area (Å²) in [5.41, 5.74) is 2.36. The van der Waals surface area contributed by atoms with Gasteiger partial charge in [-0.15, -0.1) is 11.3 Å². The fourth-order valence-corrected chi connectivity index (χ4v) is 3.11. The minimum absolute atomic E-state index is 0.769. The molecule has 2 heterocycles. The average Bonchev–Trinajstić information content (AvgIpc) is 3.00. The highest BCUT2D eigenvalue weighted by atomic mass is 32.1. The van der Waals surface area contributed by atoms with E-state index in [1.165, 1.54) is 15.8 Å². The van der Waals surface area contributed by atoms with Crippen molar-refractivity contribution in [2.45, 2.75) is 13.0 Å². The Labute approximate surface area is 127 Å². The second-order valence-corrected chi connectivity index (χ2v) is 5.97. The largest absolute Gasteiger partial charge is 0.312 e. The van der Waals surface area contributed by atoms with Gasteiger partial charge in [0.05, 0.1) is 5.52 Å². The third-order valence-electron chi connectivity index (χ3n) is 3.36. The van der Waals surface area contributed by atoms with Crippen LogP contribution >= 0.6 is 11.3 Å². The molecule has 3 nitrogen and oxygen atoms in total. The van der Waals surface area contributed by atoms with Gasteiger partial charge in [-0.3, -0.25) is 4.98 Å². The van der Waals surface area contributed by atoms with Gasteiger partial charge in [-0.2, -0.15) is 5.26 Å². The first-order valence-electron chi connectivity index (χ1n) is 6.89. The van der Waals surface area contributed by atoms with E-state index in [0.29, 0.717) is 0 Å². The Morgan fingerprint density at radius 1 is 1.14 bits per heavy atom. The third kappa shape index (κ3) is 3.27. The number of nitrogens with one attached hydrogen (secondary N) is 1. The molecular weight excluding hydrogens is 278 g/mol. The Kier molecular flexibility index (Phi) is 4.25. The Bertz CT molecular complexity index is 781. The lowest BCUT2D eigenvalue weighted by Gasteiger charge is -2.06. The number of rotatable bonds is 5. The zero-order chi connectivity index (χ0) is 14.5. The molecule has 0 saturated carbocycles. The van der Waals surface area contributed by atoms with Crippen LogP contribution in [0.25, 0.3) is 10.9 Å². The van der Waals surface area contributed by atoms with E-state index < -0.39 is 0 Å². The number of nitriles is 1. The number of aromatic nitrogens is 1. The first kappa shape index (κ1) is 13.7. The highest BCUT2D eigenvalue weighted by molar-refractivity contribution is 7.12. The lowest BCUT2D eigenvalue weighted by molar-refractivity contribution is 0.695. The molecular formula is C17H15N3S. The summed E-state index contributed by atoms with van der Waals surface area (Å²) in [6.07, 6.45) is 2.79. The van der Waals surface area contributed by atoms with Crippen molar-refractivity contribution in [2.75, 3.05) is 6.54 Å². The molecule has 3 rings (SSSR count). The van der Waals surface area contributed by atoms with Crippen molar-refractivity contribution in [1.29, 1.82) is 5.26 Å². The Morgan fingerprint density at radius 3 is 2.90 bits per heavy atom. The van der Waals surface area contributed by atoms with Gasteiger partial charge in [-0.1, -0.05) is 24.3 Å². The van der Waals surface area contributed by atoms with Gasteiger partial charge in [0.15, 0.2) is 0 Å². The number of benzene rings is 1. The molecule has 1 N–H and O–H groups in total. The fourth-order valence-electron chi connectivity index (χ4n) is 2.34. The van der Waals surface area contributed by atoms with E-state index in [0.717, 1.165) is 29.9 Å². The fraction of sp³-hybridized carbons (Fsp3) is 0.176. The Morgan fingerprint density at radius 2 is 2.05 bits per heavy atom.